The molecule has 6 heteroatoms. The Bertz CT molecular complexity index is 433. The van der Waals surface area contributed by atoms with Crippen molar-refractivity contribution < 1.29 is 14.6 Å². The van der Waals surface area contributed by atoms with Crippen molar-refractivity contribution in [3.8, 4) is 5.75 Å². The molecule has 1 saturated heterocycles. The van der Waals surface area contributed by atoms with Gasteiger partial charge in [0.15, 0.2) is 0 Å². The van der Waals surface area contributed by atoms with Gasteiger partial charge in [-0.2, -0.15) is 0 Å². The van der Waals surface area contributed by atoms with Crippen molar-refractivity contribution in [2.75, 3.05) is 46.4 Å². The molecule has 1 heterocycles. The van der Waals surface area contributed by atoms with E-state index < -0.39 is 6.10 Å². The molecule has 21 heavy (non-hydrogen) atoms. The highest BCUT2D eigenvalue weighted by Gasteiger charge is 2.17. The minimum atomic E-state index is -0.537. The van der Waals surface area contributed by atoms with Gasteiger partial charge in [0.25, 0.3) is 0 Å². The van der Waals surface area contributed by atoms with Gasteiger partial charge in [-0.15, -0.1) is 0 Å². The van der Waals surface area contributed by atoms with E-state index in [-0.39, 0.29) is 12.7 Å². The molecule has 0 aliphatic carbocycles. The molecule has 0 radical (unpaired) electrons. The van der Waals surface area contributed by atoms with Crippen LogP contribution < -0.4 is 10.1 Å². The fraction of sp³-hybridized carbons (Fsp3) is 0.600. The van der Waals surface area contributed by atoms with Crippen LogP contribution in [0.5, 0.6) is 5.75 Å². The van der Waals surface area contributed by atoms with E-state index in [4.69, 9.17) is 9.47 Å². The number of hydrogen-bond acceptors (Lipinski definition) is 5. The molecule has 2 atom stereocenters. The molecule has 5 nitrogen and oxygen atoms in total. The summed E-state index contributed by atoms with van der Waals surface area (Å²) >= 11 is 3.39. The van der Waals surface area contributed by atoms with Gasteiger partial charge >= 0.3 is 0 Å². The van der Waals surface area contributed by atoms with Crippen LogP contribution in [0.25, 0.3) is 0 Å². The maximum atomic E-state index is 9.91. The third-order valence-electron chi connectivity index (χ3n) is 3.33. The number of rotatable bonds is 7. The van der Waals surface area contributed by atoms with Crippen molar-refractivity contribution in [2.24, 2.45) is 0 Å². The lowest BCUT2D eigenvalue weighted by molar-refractivity contribution is -0.0196. The molecule has 1 aromatic carbocycles. The van der Waals surface area contributed by atoms with Gasteiger partial charge in [-0.1, -0.05) is 22.0 Å². The van der Waals surface area contributed by atoms with Gasteiger partial charge in [-0.25, -0.2) is 0 Å². The lowest BCUT2D eigenvalue weighted by atomic mass is 10.2. The first kappa shape index (κ1) is 16.7. The molecular weight excluding hydrogens is 336 g/mol. The molecule has 1 aliphatic heterocycles. The second kappa shape index (κ2) is 8.70. The SMILES string of the molecule is CN1CCOC(CNCC(O)COc2cccc(Br)c2)C1. The van der Waals surface area contributed by atoms with Crippen LogP contribution >= 0.6 is 15.9 Å². The molecule has 1 aliphatic rings. The molecule has 0 saturated carbocycles. The van der Waals surface area contributed by atoms with Crippen molar-refractivity contribution in [1.29, 1.82) is 0 Å². The summed E-state index contributed by atoms with van der Waals surface area (Å²) in [6.07, 6.45) is -0.341. The van der Waals surface area contributed by atoms with Crippen LogP contribution in [0, 0.1) is 0 Å². The number of morpholine rings is 1. The first-order valence-electron chi connectivity index (χ1n) is 7.21. The highest BCUT2D eigenvalue weighted by atomic mass is 79.9. The minimum Gasteiger partial charge on any atom is -0.491 e. The monoisotopic (exact) mass is 358 g/mol. The fourth-order valence-corrected chi connectivity index (χ4v) is 2.59. The number of aliphatic hydroxyl groups is 1. The Labute approximate surface area is 134 Å². The zero-order chi connectivity index (χ0) is 15.1. The second-order valence-corrected chi connectivity index (χ2v) is 6.25. The molecule has 0 aromatic heterocycles. The van der Waals surface area contributed by atoms with Gasteiger partial charge in [0.05, 0.1) is 12.7 Å². The molecular formula is C15H23BrN2O3. The Morgan fingerprint density at radius 2 is 2.43 bits per heavy atom. The molecule has 0 amide bonds. The van der Waals surface area contributed by atoms with Crippen molar-refractivity contribution in [3.05, 3.63) is 28.7 Å². The quantitative estimate of drug-likeness (QED) is 0.764. The Morgan fingerprint density at radius 1 is 1.57 bits per heavy atom. The maximum Gasteiger partial charge on any atom is 0.120 e. The third kappa shape index (κ3) is 6.32. The minimum absolute atomic E-state index is 0.196. The molecule has 2 unspecified atom stereocenters. The number of likely N-dealkylation sites (N-methyl/N-ethyl adjacent to an activating group) is 1. The summed E-state index contributed by atoms with van der Waals surface area (Å²) in [5.41, 5.74) is 0. The second-order valence-electron chi connectivity index (χ2n) is 5.34. The number of hydrogen-bond donors (Lipinski definition) is 2. The fourth-order valence-electron chi connectivity index (χ4n) is 2.21. The van der Waals surface area contributed by atoms with Crippen molar-refractivity contribution >= 4 is 15.9 Å². The molecule has 1 fully saturated rings. The van der Waals surface area contributed by atoms with E-state index in [1.165, 1.54) is 0 Å². The van der Waals surface area contributed by atoms with Crippen molar-refractivity contribution in [3.63, 3.8) is 0 Å². The van der Waals surface area contributed by atoms with Gasteiger partial charge in [0.1, 0.15) is 18.5 Å². The summed E-state index contributed by atoms with van der Waals surface area (Å²) in [6, 6.07) is 7.59. The van der Waals surface area contributed by atoms with E-state index in [1.54, 1.807) is 0 Å². The van der Waals surface area contributed by atoms with Crippen LogP contribution in [0.2, 0.25) is 0 Å². The Morgan fingerprint density at radius 3 is 3.19 bits per heavy atom. The van der Waals surface area contributed by atoms with Crippen LogP contribution in [-0.2, 0) is 4.74 Å². The predicted molar refractivity (Wildman–Crippen MR) is 85.8 cm³/mol. The molecule has 0 spiro atoms. The Balaban J connectivity index is 1.60. The smallest absolute Gasteiger partial charge is 0.120 e. The number of aliphatic hydroxyl groups excluding tert-OH is 1. The van der Waals surface area contributed by atoms with E-state index >= 15 is 0 Å². The van der Waals surface area contributed by atoms with E-state index in [1.807, 2.05) is 24.3 Å². The highest BCUT2D eigenvalue weighted by Crippen LogP contribution is 2.17. The lowest BCUT2D eigenvalue weighted by Crippen LogP contribution is -2.46. The first-order chi connectivity index (χ1) is 10.1. The molecule has 1 aromatic rings. The molecule has 2 N–H and O–H groups in total. The summed E-state index contributed by atoms with van der Waals surface area (Å²) in [5.74, 6) is 0.751. The van der Waals surface area contributed by atoms with E-state index in [0.29, 0.717) is 6.54 Å². The van der Waals surface area contributed by atoms with Crippen LogP contribution in [0.1, 0.15) is 0 Å². The zero-order valence-electron chi connectivity index (χ0n) is 12.3. The predicted octanol–water partition coefficient (Wildman–Crippen LogP) is 1.11. The number of nitrogens with zero attached hydrogens (tertiary/aromatic N) is 1. The molecule has 2 rings (SSSR count). The largest absolute Gasteiger partial charge is 0.491 e. The standard InChI is InChI=1S/C15H23BrN2O3/c1-18-5-6-20-15(10-18)9-17-8-13(19)11-21-14-4-2-3-12(16)7-14/h2-4,7,13,15,17,19H,5-6,8-11H2,1H3. The van der Waals surface area contributed by atoms with Crippen LogP contribution in [0.15, 0.2) is 28.7 Å². The van der Waals surface area contributed by atoms with E-state index in [2.05, 4.69) is 33.2 Å². The third-order valence-corrected chi connectivity index (χ3v) is 3.83. The first-order valence-corrected chi connectivity index (χ1v) is 8.00. The highest BCUT2D eigenvalue weighted by molar-refractivity contribution is 9.10. The molecule has 118 valence electrons. The van der Waals surface area contributed by atoms with Crippen molar-refractivity contribution in [1.82, 2.24) is 10.2 Å². The van der Waals surface area contributed by atoms with Crippen LogP contribution in [-0.4, -0.2) is 68.7 Å². The van der Waals surface area contributed by atoms with Crippen LogP contribution in [0.3, 0.4) is 0 Å². The number of halogens is 1. The van der Waals surface area contributed by atoms with E-state index in [9.17, 15) is 5.11 Å². The number of ether oxygens (including phenoxy) is 2. The average Bonchev–Trinajstić information content (AvgIpc) is 2.45. The summed E-state index contributed by atoms with van der Waals surface area (Å²) in [5, 5.41) is 13.1. The summed E-state index contributed by atoms with van der Waals surface area (Å²) in [7, 11) is 2.09. The molecule has 0 bridgehead atoms. The van der Waals surface area contributed by atoms with Gasteiger partial charge in [-0.05, 0) is 25.2 Å². The van der Waals surface area contributed by atoms with E-state index in [0.717, 1.165) is 36.5 Å². The maximum absolute atomic E-state index is 9.91. The Hall–Kier alpha value is -0.660. The Kier molecular flexibility index (Phi) is 6.92. The average molecular weight is 359 g/mol. The van der Waals surface area contributed by atoms with Crippen LogP contribution in [0.4, 0.5) is 0 Å². The topological polar surface area (TPSA) is 54.0 Å². The summed E-state index contributed by atoms with van der Waals surface area (Å²) in [4.78, 5) is 2.25. The lowest BCUT2D eigenvalue weighted by Gasteiger charge is -2.30. The van der Waals surface area contributed by atoms with Gasteiger partial charge < -0.3 is 24.8 Å². The summed E-state index contributed by atoms with van der Waals surface area (Å²) in [6.45, 7) is 4.21. The van der Waals surface area contributed by atoms with Gasteiger partial charge in [0, 0.05) is 30.7 Å². The van der Waals surface area contributed by atoms with Gasteiger partial charge in [-0.3, -0.25) is 0 Å². The zero-order valence-corrected chi connectivity index (χ0v) is 13.9. The van der Waals surface area contributed by atoms with Crippen molar-refractivity contribution in [2.45, 2.75) is 12.2 Å². The van der Waals surface area contributed by atoms with Gasteiger partial charge in [0.2, 0.25) is 0 Å². The number of nitrogens with one attached hydrogen (secondary N) is 1. The number of benzene rings is 1. The summed E-state index contributed by atoms with van der Waals surface area (Å²) < 4.78 is 12.2. The normalized spacial score (nSPS) is 21.2.